The fourth-order valence-corrected chi connectivity index (χ4v) is 5.76. The van der Waals surface area contributed by atoms with Gasteiger partial charge in [-0.1, -0.05) is 61.9 Å². The standard InChI is InChI=1S/C20H29BrN2Si/c1-20(2,3)24(5,6)23-14-17(18-9-7-8-12-22(18)4)16-13-15(21)10-11-19(16)23/h7,9-11,13-14,18H,8,12H2,1-6H3. The molecule has 0 N–H and O–H groups in total. The fourth-order valence-electron chi connectivity index (χ4n) is 3.42. The minimum atomic E-state index is -1.67. The second kappa shape index (κ2) is 6.15. The Bertz CT molecular complexity index is 783. The minimum Gasteiger partial charge on any atom is -0.374 e. The highest BCUT2D eigenvalue weighted by Gasteiger charge is 2.39. The Morgan fingerprint density at radius 2 is 1.92 bits per heavy atom. The van der Waals surface area contributed by atoms with E-state index in [0.29, 0.717) is 11.1 Å². The van der Waals surface area contributed by atoms with Gasteiger partial charge in [-0.3, -0.25) is 4.90 Å². The highest BCUT2D eigenvalue weighted by Crippen LogP contribution is 2.42. The number of benzene rings is 1. The van der Waals surface area contributed by atoms with E-state index in [1.807, 2.05) is 0 Å². The molecule has 1 aliphatic heterocycles. The van der Waals surface area contributed by atoms with Crippen molar-refractivity contribution >= 4 is 35.1 Å². The van der Waals surface area contributed by atoms with Crippen molar-refractivity contribution in [3.05, 3.63) is 46.6 Å². The van der Waals surface area contributed by atoms with Crippen molar-refractivity contribution in [3.8, 4) is 0 Å². The van der Waals surface area contributed by atoms with Crippen LogP contribution in [0, 0.1) is 0 Å². The zero-order valence-corrected chi connectivity index (χ0v) is 18.3. The van der Waals surface area contributed by atoms with Crippen molar-refractivity contribution in [1.29, 1.82) is 0 Å². The van der Waals surface area contributed by atoms with E-state index < -0.39 is 8.24 Å². The molecule has 1 aliphatic rings. The number of rotatable bonds is 2. The summed E-state index contributed by atoms with van der Waals surface area (Å²) in [7, 11) is 0.569. The van der Waals surface area contributed by atoms with Crippen LogP contribution in [0.15, 0.2) is 41.0 Å². The molecule has 3 rings (SSSR count). The molecule has 1 atom stereocenters. The van der Waals surface area contributed by atoms with Crippen LogP contribution >= 0.6 is 15.9 Å². The van der Waals surface area contributed by atoms with Crippen LogP contribution in [-0.2, 0) is 0 Å². The summed E-state index contributed by atoms with van der Waals surface area (Å²) < 4.78 is 3.78. The molecule has 0 spiro atoms. The van der Waals surface area contributed by atoms with Crippen molar-refractivity contribution in [2.24, 2.45) is 0 Å². The van der Waals surface area contributed by atoms with Crippen LogP contribution in [0.3, 0.4) is 0 Å². The number of halogens is 1. The van der Waals surface area contributed by atoms with E-state index in [4.69, 9.17) is 0 Å². The lowest BCUT2D eigenvalue weighted by molar-refractivity contribution is 0.280. The molecular weight excluding hydrogens is 376 g/mol. The van der Waals surface area contributed by atoms with E-state index >= 15 is 0 Å². The van der Waals surface area contributed by atoms with Gasteiger partial charge in [-0.05, 0) is 42.3 Å². The summed E-state index contributed by atoms with van der Waals surface area (Å²) in [5.41, 5.74) is 2.82. The predicted molar refractivity (Wildman–Crippen MR) is 111 cm³/mol. The van der Waals surface area contributed by atoms with Crippen molar-refractivity contribution in [2.75, 3.05) is 13.6 Å². The Kier molecular flexibility index (Phi) is 4.60. The largest absolute Gasteiger partial charge is 0.374 e. The average molecular weight is 405 g/mol. The van der Waals surface area contributed by atoms with Gasteiger partial charge in [0, 0.05) is 28.1 Å². The summed E-state index contributed by atoms with van der Waals surface area (Å²) >= 11 is 3.68. The lowest BCUT2D eigenvalue weighted by atomic mass is 10.0. The van der Waals surface area contributed by atoms with Crippen LogP contribution < -0.4 is 0 Å². The van der Waals surface area contributed by atoms with Gasteiger partial charge in [0.15, 0.2) is 8.24 Å². The molecule has 2 nitrogen and oxygen atoms in total. The Morgan fingerprint density at radius 3 is 2.54 bits per heavy atom. The summed E-state index contributed by atoms with van der Waals surface area (Å²) in [6, 6.07) is 7.14. The molecule has 2 aromatic rings. The Labute approximate surface area is 155 Å². The molecule has 0 aliphatic carbocycles. The number of hydrogen-bond donors (Lipinski definition) is 0. The third-order valence-corrected chi connectivity index (χ3v) is 11.7. The van der Waals surface area contributed by atoms with Crippen molar-refractivity contribution in [2.45, 2.75) is 51.4 Å². The van der Waals surface area contributed by atoms with E-state index in [9.17, 15) is 0 Å². The number of fused-ring (bicyclic) bond motifs is 1. The Balaban J connectivity index is 2.26. The van der Waals surface area contributed by atoms with Crippen LogP contribution in [0.4, 0.5) is 0 Å². The molecule has 0 amide bonds. The molecule has 1 unspecified atom stereocenters. The quantitative estimate of drug-likeness (QED) is 0.427. The summed E-state index contributed by atoms with van der Waals surface area (Å²) in [5, 5.41) is 1.69. The zero-order chi connectivity index (χ0) is 17.7. The molecule has 130 valence electrons. The van der Waals surface area contributed by atoms with Gasteiger partial charge >= 0.3 is 0 Å². The molecule has 0 radical (unpaired) electrons. The smallest absolute Gasteiger partial charge is 0.161 e. The van der Waals surface area contributed by atoms with Gasteiger partial charge in [0.25, 0.3) is 0 Å². The highest BCUT2D eigenvalue weighted by atomic mass is 79.9. The Hall–Kier alpha value is -0.843. The SMILES string of the molecule is CN1CCC=CC1c1cn([Si](C)(C)C(C)(C)C)c2ccc(Br)cc12. The lowest BCUT2D eigenvalue weighted by Gasteiger charge is -2.38. The average Bonchev–Trinajstić information content (AvgIpc) is 2.85. The first-order valence-corrected chi connectivity index (χ1v) is 12.5. The van der Waals surface area contributed by atoms with Crippen molar-refractivity contribution in [3.63, 3.8) is 0 Å². The van der Waals surface area contributed by atoms with Gasteiger partial charge < -0.3 is 4.23 Å². The highest BCUT2D eigenvalue weighted by molar-refractivity contribution is 9.10. The van der Waals surface area contributed by atoms with Crippen LogP contribution in [-0.4, -0.2) is 31.0 Å². The molecule has 2 heterocycles. The molecule has 0 fully saturated rings. The first-order valence-electron chi connectivity index (χ1n) is 8.81. The summed E-state index contributed by atoms with van der Waals surface area (Å²) in [4.78, 5) is 2.46. The first-order chi connectivity index (χ1) is 11.1. The van der Waals surface area contributed by atoms with E-state index in [1.54, 1.807) is 0 Å². The zero-order valence-electron chi connectivity index (χ0n) is 15.7. The third kappa shape index (κ3) is 2.93. The number of nitrogens with zero attached hydrogens (tertiary/aromatic N) is 2. The second-order valence-electron chi connectivity index (χ2n) is 8.57. The fraction of sp³-hybridized carbons (Fsp3) is 0.500. The third-order valence-electron chi connectivity index (χ3n) is 6.00. The molecule has 0 saturated carbocycles. The maximum absolute atomic E-state index is 3.68. The number of hydrogen-bond acceptors (Lipinski definition) is 1. The van der Waals surface area contributed by atoms with Crippen LogP contribution in [0.1, 0.15) is 38.8 Å². The van der Waals surface area contributed by atoms with Gasteiger partial charge in [0.1, 0.15) is 0 Å². The minimum absolute atomic E-state index is 0.303. The van der Waals surface area contributed by atoms with E-state index in [-0.39, 0.29) is 0 Å². The monoisotopic (exact) mass is 404 g/mol. The molecular formula is C20H29BrN2Si. The molecule has 1 aromatic carbocycles. The first kappa shape index (κ1) is 18.0. The lowest BCUT2D eigenvalue weighted by Crippen LogP contribution is -2.45. The van der Waals surface area contributed by atoms with Gasteiger partial charge in [0.2, 0.25) is 0 Å². The molecule has 24 heavy (non-hydrogen) atoms. The summed E-state index contributed by atoms with van der Waals surface area (Å²) in [6.45, 7) is 13.3. The van der Waals surface area contributed by atoms with Crippen molar-refractivity contribution < 1.29 is 0 Å². The maximum atomic E-state index is 3.68. The second-order valence-corrected chi connectivity index (χ2v) is 14.6. The molecule has 1 aromatic heterocycles. The maximum Gasteiger partial charge on any atom is 0.161 e. The normalized spacial score (nSPS) is 20.0. The van der Waals surface area contributed by atoms with E-state index in [1.165, 1.54) is 16.5 Å². The number of likely N-dealkylation sites (N-methyl/N-ethyl adjacent to an activating group) is 1. The van der Waals surface area contributed by atoms with Crippen molar-refractivity contribution in [1.82, 2.24) is 9.13 Å². The predicted octanol–water partition coefficient (Wildman–Crippen LogP) is 6.19. The van der Waals surface area contributed by atoms with E-state index in [2.05, 4.69) is 103 Å². The van der Waals surface area contributed by atoms with Gasteiger partial charge in [-0.15, -0.1) is 0 Å². The van der Waals surface area contributed by atoms with Crippen LogP contribution in [0.5, 0.6) is 0 Å². The molecule has 0 bridgehead atoms. The Morgan fingerprint density at radius 1 is 1.21 bits per heavy atom. The topological polar surface area (TPSA) is 8.17 Å². The number of aromatic nitrogens is 1. The van der Waals surface area contributed by atoms with E-state index in [0.717, 1.165) is 17.4 Å². The van der Waals surface area contributed by atoms with Crippen LogP contribution in [0.2, 0.25) is 18.1 Å². The molecule has 4 heteroatoms. The van der Waals surface area contributed by atoms with Gasteiger partial charge in [-0.25, -0.2) is 0 Å². The molecule has 0 saturated heterocycles. The van der Waals surface area contributed by atoms with Gasteiger partial charge in [0.05, 0.1) is 6.04 Å². The summed E-state index contributed by atoms with van der Waals surface area (Å²) in [5.74, 6) is 0. The van der Waals surface area contributed by atoms with Gasteiger partial charge in [-0.2, -0.15) is 0 Å². The van der Waals surface area contributed by atoms with Crippen LogP contribution in [0.25, 0.3) is 10.9 Å². The summed E-state index contributed by atoms with van der Waals surface area (Å²) in [6.07, 6.45) is 8.30.